The van der Waals surface area contributed by atoms with Crippen molar-refractivity contribution in [1.82, 2.24) is 0 Å². The van der Waals surface area contributed by atoms with Crippen LogP contribution >= 0.6 is 11.8 Å². The summed E-state index contributed by atoms with van der Waals surface area (Å²) in [6.07, 6.45) is 1.05. The van der Waals surface area contributed by atoms with Gasteiger partial charge in [-0.25, -0.2) is 0 Å². The van der Waals surface area contributed by atoms with Crippen LogP contribution in [0.25, 0.3) is 0 Å². The number of rotatable bonds is 1. The van der Waals surface area contributed by atoms with Gasteiger partial charge in [-0.15, -0.1) is 0 Å². The molecule has 0 spiro atoms. The van der Waals surface area contributed by atoms with Crippen LogP contribution in [0.4, 0.5) is 0 Å². The Labute approximate surface area is 82.1 Å². The van der Waals surface area contributed by atoms with Gasteiger partial charge in [-0.1, -0.05) is 12.1 Å². The van der Waals surface area contributed by atoms with Crippen molar-refractivity contribution in [2.24, 2.45) is 5.73 Å². The van der Waals surface area contributed by atoms with E-state index in [0.717, 1.165) is 12.2 Å². The molecular weight excluding hydrogens is 182 g/mol. The second kappa shape index (κ2) is 3.60. The predicted octanol–water partition coefficient (Wildman–Crippen LogP) is 1.90. The van der Waals surface area contributed by atoms with E-state index < -0.39 is 0 Å². The standard InChI is InChI=1S/C10H13NOS/c11-8-5-10(13-6-8)7-1-3-9(12)4-2-7/h1-4,8,10,12H,5-6,11H2. The first-order valence-electron chi connectivity index (χ1n) is 4.42. The van der Waals surface area contributed by atoms with E-state index in [2.05, 4.69) is 0 Å². The van der Waals surface area contributed by atoms with Crippen LogP contribution in [0.2, 0.25) is 0 Å². The molecule has 2 unspecified atom stereocenters. The van der Waals surface area contributed by atoms with Crippen molar-refractivity contribution in [3.05, 3.63) is 29.8 Å². The first-order valence-corrected chi connectivity index (χ1v) is 5.46. The van der Waals surface area contributed by atoms with E-state index in [4.69, 9.17) is 10.8 Å². The van der Waals surface area contributed by atoms with Crippen LogP contribution < -0.4 is 5.73 Å². The van der Waals surface area contributed by atoms with Gasteiger partial charge in [0.15, 0.2) is 0 Å². The Bertz CT molecular complexity index is 285. The highest BCUT2D eigenvalue weighted by Crippen LogP contribution is 2.39. The average Bonchev–Trinajstić information content (AvgIpc) is 2.53. The number of phenols is 1. The van der Waals surface area contributed by atoms with Crippen molar-refractivity contribution < 1.29 is 5.11 Å². The van der Waals surface area contributed by atoms with Gasteiger partial charge in [-0.2, -0.15) is 11.8 Å². The average molecular weight is 195 g/mol. The SMILES string of the molecule is NC1CSC(c2ccc(O)cc2)C1. The van der Waals surface area contributed by atoms with Crippen molar-refractivity contribution in [1.29, 1.82) is 0 Å². The van der Waals surface area contributed by atoms with E-state index in [-0.39, 0.29) is 0 Å². The normalized spacial score (nSPS) is 27.8. The molecule has 1 saturated heterocycles. The van der Waals surface area contributed by atoms with Crippen LogP contribution in [0, 0.1) is 0 Å². The fourth-order valence-corrected chi connectivity index (χ4v) is 2.92. The Hall–Kier alpha value is -0.670. The molecule has 3 N–H and O–H groups in total. The Balaban J connectivity index is 2.13. The lowest BCUT2D eigenvalue weighted by Crippen LogP contribution is -2.17. The first kappa shape index (κ1) is 8.91. The van der Waals surface area contributed by atoms with E-state index in [0.29, 0.717) is 17.0 Å². The molecular formula is C10H13NOS. The second-order valence-corrected chi connectivity index (χ2v) is 4.64. The number of phenolic OH excluding ortho intramolecular Hbond substituents is 1. The lowest BCUT2D eigenvalue weighted by Gasteiger charge is -2.08. The van der Waals surface area contributed by atoms with Crippen molar-refractivity contribution in [2.45, 2.75) is 17.7 Å². The lowest BCUT2D eigenvalue weighted by molar-refractivity contribution is 0.475. The molecule has 0 radical (unpaired) electrons. The molecule has 1 aliphatic heterocycles. The summed E-state index contributed by atoms with van der Waals surface area (Å²) >= 11 is 1.90. The highest BCUT2D eigenvalue weighted by Gasteiger charge is 2.23. The number of benzene rings is 1. The molecule has 2 atom stereocenters. The highest BCUT2D eigenvalue weighted by atomic mass is 32.2. The maximum absolute atomic E-state index is 9.12. The summed E-state index contributed by atoms with van der Waals surface area (Å²) in [7, 11) is 0. The van der Waals surface area contributed by atoms with E-state index in [1.807, 2.05) is 23.9 Å². The van der Waals surface area contributed by atoms with E-state index >= 15 is 0 Å². The lowest BCUT2D eigenvalue weighted by atomic mass is 10.1. The maximum Gasteiger partial charge on any atom is 0.115 e. The van der Waals surface area contributed by atoms with Crippen molar-refractivity contribution in [3.63, 3.8) is 0 Å². The van der Waals surface area contributed by atoms with Gasteiger partial charge < -0.3 is 10.8 Å². The molecule has 1 aromatic rings. The van der Waals surface area contributed by atoms with Gasteiger partial charge in [0.2, 0.25) is 0 Å². The van der Waals surface area contributed by atoms with E-state index in [1.54, 1.807) is 12.1 Å². The molecule has 1 aromatic carbocycles. The molecule has 0 amide bonds. The summed E-state index contributed by atoms with van der Waals surface area (Å²) in [4.78, 5) is 0. The van der Waals surface area contributed by atoms with E-state index in [9.17, 15) is 0 Å². The summed E-state index contributed by atoms with van der Waals surface area (Å²) in [5, 5.41) is 9.64. The molecule has 70 valence electrons. The molecule has 1 heterocycles. The summed E-state index contributed by atoms with van der Waals surface area (Å²) in [5.41, 5.74) is 7.10. The Morgan fingerprint density at radius 1 is 1.31 bits per heavy atom. The third-order valence-corrected chi connectivity index (χ3v) is 3.78. The molecule has 0 aliphatic carbocycles. The van der Waals surface area contributed by atoms with Gasteiger partial charge in [0.25, 0.3) is 0 Å². The van der Waals surface area contributed by atoms with Gasteiger partial charge in [-0.05, 0) is 24.1 Å². The summed E-state index contributed by atoms with van der Waals surface area (Å²) in [6.45, 7) is 0. The molecule has 0 bridgehead atoms. The number of hydrogen-bond acceptors (Lipinski definition) is 3. The zero-order chi connectivity index (χ0) is 9.26. The molecule has 0 aromatic heterocycles. The Morgan fingerprint density at radius 2 is 2.00 bits per heavy atom. The molecule has 3 heteroatoms. The quantitative estimate of drug-likeness (QED) is 0.719. The smallest absolute Gasteiger partial charge is 0.115 e. The van der Waals surface area contributed by atoms with Gasteiger partial charge in [0.1, 0.15) is 5.75 Å². The number of aromatic hydroxyl groups is 1. The van der Waals surface area contributed by atoms with E-state index in [1.165, 1.54) is 5.56 Å². The highest BCUT2D eigenvalue weighted by molar-refractivity contribution is 7.99. The monoisotopic (exact) mass is 195 g/mol. The molecule has 1 aliphatic rings. The third kappa shape index (κ3) is 1.98. The van der Waals surface area contributed by atoms with Crippen LogP contribution in [0.3, 0.4) is 0 Å². The summed E-state index contributed by atoms with van der Waals surface area (Å²) < 4.78 is 0. The van der Waals surface area contributed by atoms with Crippen LogP contribution in [-0.2, 0) is 0 Å². The maximum atomic E-state index is 9.12. The molecule has 13 heavy (non-hydrogen) atoms. The molecule has 0 saturated carbocycles. The third-order valence-electron chi connectivity index (χ3n) is 2.29. The summed E-state index contributed by atoms with van der Waals surface area (Å²) in [5.74, 6) is 1.38. The Kier molecular flexibility index (Phi) is 2.47. The topological polar surface area (TPSA) is 46.2 Å². The minimum absolute atomic E-state index is 0.330. The van der Waals surface area contributed by atoms with Crippen LogP contribution in [0.1, 0.15) is 17.2 Å². The minimum atomic E-state index is 0.330. The van der Waals surface area contributed by atoms with Gasteiger partial charge in [0, 0.05) is 17.0 Å². The second-order valence-electron chi connectivity index (χ2n) is 3.41. The van der Waals surface area contributed by atoms with Gasteiger partial charge in [0.05, 0.1) is 0 Å². The number of hydrogen-bond donors (Lipinski definition) is 2. The first-order chi connectivity index (χ1) is 6.25. The van der Waals surface area contributed by atoms with Crippen LogP contribution in [0.15, 0.2) is 24.3 Å². The Morgan fingerprint density at radius 3 is 2.54 bits per heavy atom. The van der Waals surface area contributed by atoms with Crippen molar-refractivity contribution in [2.75, 3.05) is 5.75 Å². The molecule has 2 rings (SSSR count). The van der Waals surface area contributed by atoms with Crippen molar-refractivity contribution >= 4 is 11.8 Å². The number of thioether (sulfide) groups is 1. The number of nitrogens with two attached hydrogens (primary N) is 1. The molecule has 1 fully saturated rings. The van der Waals surface area contributed by atoms with Gasteiger partial charge in [-0.3, -0.25) is 0 Å². The minimum Gasteiger partial charge on any atom is -0.508 e. The molecule has 2 nitrogen and oxygen atoms in total. The summed E-state index contributed by atoms with van der Waals surface area (Å²) in [6, 6.07) is 7.76. The van der Waals surface area contributed by atoms with Crippen molar-refractivity contribution in [3.8, 4) is 5.75 Å². The van der Waals surface area contributed by atoms with Crippen LogP contribution in [0.5, 0.6) is 5.75 Å². The fraction of sp³-hybridized carbons (Fsp3) is 0.400. The zero-order valence-corrected chi connectivity index (χ0v) is 8.13. The fourth-order valence-electron chi connectivity index (χ4n) is 1.57. The predicted molar refractivity (Wildman–Crippen MR) is 55.9 cm³/mol. The van der Waals surface area contributed by atoms with Gasteiger partial charge >= 0.3 is 0 Å². The zero-order valence-electron chi connectivity index (χ0n) is 7.31. The largest absolute Gasteiger partial charge is 0.508 e. The van der Waals surface area contributed by atoms with Crippen LogP contribution in [-0.4, -0.2) is 16.9 Å².